The number of hydrogen-bond acceptors (Lipinski definition) is 3. The van der Waals surface area contributed by atoms with E-state index in [-0.39, 0.29) is 0 Å². The molecule has 3 rings (SSSR count). The third-order valence-electron chi connectivity index (χ3n) is 4.34. The van der Waals surface area contributed by atoms with Gasteiger partial charge in [-0.25, -0.2) is 13.1 Å². The molecule has 0 amide bonds. The van der Waals surface area contributed by atoms with E-state index < -0.39 is 10.0 Å². The molecule has 26 heavy (non-hydrogen) atoms. The Balaban J connectivity index is 1.51. The van der Waals surface area contributed by atoms with Crippen LogP contribution in [0.2, 0.25) is 0 Å². The van der Waals surface area contributed by atoms with Gasteiger partial charge >= 0.3 is 0 Å². The van der Waals surface area contributed by atoms with Crippen LogP contribution < -0.4 is 4.72 Å². The van der Waals surface area contributed by atoms with E-state index in [1.54, 1.807) is 12.1 Å². The highest BCUT2D eigenvalue weighted by Gasteiger charge is 2.13. The molecule has 0 aliphatic carbocycles. The molecule has 0 spiro atoms. The molecule has 0 fully saturated rings. The van der Waals surface area contributed by atoms with Crippen LogP contribution in [-0.2, 0) is 16.6 Å². The predicted molar refractivity (Wildman–Crippen MR) is 107 cm³/mol. The summed E-state index contributed by atoms with van der Waals surface area (Å²) in [6, 6.07) is 23.2. The third-order valence-corrected chi connectivity index (χ3v) is 5.79. The van der Waals surface area contributed by atoms with E-state index in [0.29, 0.717) is 11.4 Å². The molecule has 0 aliphatic heterocycles. The first-order chi connectivity index (χ1) is 12.5. The van der Waals surface area contributed by atoms with Gasteiger partial charge in [0.2, 0.25) is 10.0 Å². The third kappa shape index (κ3) is 4.91. The number of fused-ring (bicyclic) bond motifs is 1. The van der Waals surface area contributed by atoms with Crippen molar-refractivity contribution in [2.45, 2.75) is 17.9 Å². The van der Waals surface area contributed by atoms with Crippen molar-refractivity contribution in [2.24, 2.45) is 0 Å². The highest BCUT2D eigenvalue weighted by Crippen LogP contribution is 2.18. The maximum atomic E-state index is 12.5. The van der Waals surface area contributed by atoms with E-state index in [4.69, 9.17) is 0 Å². The molecule has 0 unspecified atom stereocenters. The van der Waals surface area contributed by atoms with Crippen molar-refractivity contribution in [1.82, 2.24) is 9.62 Å². The highest BCUT2D eigenvalue weighted by molar-refractivity contribution is 7.89. The van der Waals surface area contributed by atoms with Crippen LogP contribution in [0.1, 0.15) is 12.0 Å². The van der Waals surface area contributed by atoms with Crippen molar-refractivity contribution in [2.75, 3.05) is 20.1 Å². The summed E-state index contributed by atoms with van der Waals surface area (Å²) in [5.41, 5.74) is 1.26. The summed E-state index contributed by atoms with van der Waals surface area (Å²) in [6.45, 7) is 2.11. The van der Waals surface area contributed by atoms with E-state index in [9.17, 15) is 8.42 Å². The molecular weight excluding hydrogens is 344 g/mol. The largest absolute Gasteiger partial charge is 0.302 e. The zero-order valence-electron chi connectivity index (χ0n) is 14.9. The first kappa shape index (κ1) is 18.6. The van der Waals surface area contributed by atoms with Crippen molar-refractivity contribution in [3.63, 3.8) is 0 Å². The van der Waals surface area contributed by atoms with Crippen molar-refractivity contribution in [3.05, 3.63) is 78.4 Å². The molecule has 1 N–H and O–H groups in total. The predicted octanol–water partition coefficient (Wildman–Crippen LogP) is 3.64. The zero-order valence-corrected chi connectivity index (χ0v) is 15.7. The second kappa shape index (κ2) is 8.45. The molecule has 0 radical (unpaired) electrons. The highest BCUT2D eigenvalue weighted by atomic mass is 32.2. The Morgan fingerprint density at radius 1 is 0.885 bits per heavy atom. The lowest BCUT2D eigenvalue weighted by Gasteiger charge is -2.16. The average molecular weight is 369 g/mol. The molecule has 0 atom stereocenters. The smallest absolute Gasteiger partial charge is 0.240 e. The number of benzene rings is 3. The summed E-state index contributed by atoms with van der Waals surface area (Å²) in [6.07, 6.45) is 0.760. The van der Waals surface area contributed by atoms with Crippen LogP contribution in [0.4, 0.5) is 0 Å². The number of sulfonamides is 1. The average Bonchev–Trinajstić information content (AvgIpc) is 2.66. The van der Waals surface area contributed by atoms with Crippen LogP contribution >= 0.6 is 0 Å². The summed E-state index contributed by atoms with van der Waals surface area (Å²) in [4.78, 5) is 2.51. The quantitative estimate of drug-likeness (QED) is 0.618. The van der Waals surface area contributed by atoms with Crippen molar-refractivity contribution < 1.29 is 8.42 Å². The monoisotopic (exact) mass is 368 g/mol. The molecule has 0 heterocycles. The van der Waals surface area contributed by atoms with Gasteiger partial charge in [0.1, 0.15) is 0 Å². The molecule has 136 valence electrons. The second-order valence-electron chi connectivity index (χ2n) is 6.48. The van der Waals surface area contributed by atoms with Gasteiger partial charge in [0, 0.05) is 13.1 Å². The number of hydrogen-bond donors (Lipinski definition) is 1. The fraction of sp³-hybridized carbons (Fsp3) is 0.238. The van der Waals surface area contributed by atoms with Gasteiger partial charge in [-0.15, -0.1) is 0 Å². The Hall–Kier alpha value is -2.21. The summed E-state index contributed by atoms with van der Waals surface area (Å²) >= 11 is 0. The Morgan fingerprint density at radius 2 is 1.58 bits per heavy atom. The first-order valence-corrected chi connectivity index (χ1v) is 10.2. The molecule has 0 aliphatic rings. The van der Waals surface area contributed by atoms with E-state index in [0.717, 1.165) is 30.3 Å². The summed E-state index contributed by atoms with van der Waals surface area (Å²) in [7, 11) is -1.43. The number of rotatable bonds is 8. The summed E-state index contributed by atoms with van der Waals surface area (Å²) < 4.78 is 27.7. The fourth-order valence-corrected chi connectivity index (χ4v) is 4.06. The van der Waals surface area contributed by atoms with Crippen LogP contribution in [0, 0.1) is 0 Å². The molecule has 0 bridgehead atoms. The van der Waals surface area contributed by atoms with E-state index in [1.807, 2.05) is 55.6 Å². The van der Waals surface area contributed by atoms with Gasteiger partial charge in [0.05, 0.1) is 4.90 Å². The fourth-order valence-electron chi connectivity index (χ4n) is 2.95. The maximum Gasteiger partial charge on any atom is 0.240 e. The van der Waals surface area contributed by atoms with Gasteiger partial charge in [-0.1, -0.05) is 60.7 Å². The maximum absolute atomic E-state index is 12.5. The van der Waals surface area contributed by atoms with Crippen LogP contribution in [0.5, 0.6) is 0 Å². The molecular formula is C21H24N2O2S. The SMILES string of the molecule is CN(CCCNS(=O)(=O)c1ccc2ccccc2c1)Cc1ccccc1. The van der Waals surface area contributed by atoms with Crippen LogP contribution in [-0.4, -0.2) is 33.5 Å². The van der Waals surface area contributed by atoms with Crippen molar-refractivity contribution in [3.8, 4) is 0 Å². The van der Waals surface area contributed by atoms with Crippen LogP contribution in [0.3, 0.4) is 0 Å². The number of nitrogens with zero attached hydrogens (tertiary/aromatic N) is 1. The number of nitrogens with one attached hydrogen (secondary N) is 1. The normalized spacial score (nSPS) is 11.9. The lowest BCUT2D eigenvalue weighted by atomic mass is 10.1. The van der Waals surface area contributed by atoms with Gasteiger partial charge in [0.15, 0.2) is 0 Å². The topological polar surface area (TPSA) is 49.4 Å². The van der Waals surface area contributed by atoms with Crippen LogP contribution in [0.25, 0.3) is 10.8 Å². The van der Waals surface area contributed by atoms with Gasteiger partial charge < -0.3 is 4.90 Å². The minimum Gasteiger partial charge on any atom is -0.302 e. The van der Waals surface area contributed by atoms with E-state index >= 15 is 0 Å². The minimum absolute atomic E-state index is 0.314. The van der Waals surface area contributed by atoms with Crippen LogP contribution in [0.15, 0.2) is 77.7 Å². The Morgan fingerprint density at radius 3 is 2.35 bits per heavy atom. The van der Waals surface area contributed by atoms with Gasteiger partial charge in [-0.3, -0.25) is 0 Å². The summed E-state index contributed by atoms with van der Waals surface area (Å²) in [5.74, 6) is 0. The van der Waals surface area contributed by atoms with E-state index in [1.165, 1.54) is 5.56 Å². The minimum atomic E-state index is -3.48. The lowest BCUT2D eigenvalue weighted by molar-refractivity contribution is 0.322. The van der Waals surface area contributed by atoms with Gasteiger partial charge in [-0.2, -0.15) is 0 Å². The summed E-state index contributed by atoms with van der Waals surface area (Å²) in [5, 5.41) is 1.96. The molecule has 0 saturated heterocycles. The molecule has 5 heteroatoms. The Bertz CT molecular complexity index is 956. The van der Waals surface area contributed by atoms with Gasteiger partial charge in [-0.05, 0) is 48.5 Å². The first-order valence-electron chi connectivity index (χ1n) is 8.75. The molecule has 0 aromatic heterocycles. The lowest BCUT2D eigenvalue weighted by Crippen LogP contribution is -2.28. The molecule has 3 aromatic rings. The second-order valence-corrected chi connectivity index (χ2v) is 8.25. The van der Waals surface area contributed by atoms with Crippen molar-refractivity contribution >= 4 is 20.8 Å². The molecule has 0 saturated carbocycles. The molecule has 3 aromatic carbocycles. The Kier molecular flexibility index (Phi) is 6.04. The van der Waals surface area contributed by atoms with Gasteiger partial charge in [0.25, 0.3) is 0 Å². The standard InChI is InChI=1S/C21H24N2O2S/c1-23(17-18-8-3-2-4-9-18)15-7-14-22-26(24,25)21-13-12-19-10-5-6-11-20(19)16-21/h2-6,8-13,16,22H,7,14-15,17H2,1H3. The van der Waals surface area contributed by atoms with E-state index in [2.05, 4.69) is 21.8 Å². The zero-order chi connectivity index (χ0) is 18.4. The van der Waals surface area contributed by atoms with Crippen molar-refractivity contribution in [1.29, 1.82) is 0 Å². The Labute approximate surface area is 155 Å². The molecule has 4 nitrogen and oxygen atoms in total.